The minimum absolute atomic E-state index is 0. The molecule has 0 aliphatic heterocycles. The van der Waals surface area contributed by atoms with Crippen LogP contribution < -0.4 is 11.5 Å². The van der Waals surface area contributed by atoms with Crippen molar-refractivity contribution < 1.29 is 0 Å². The fourth-order valence-corrected chi connectivity index (χ4v) is 1.62. The third-order valence-corrected chi connectivity index (χ3v) is 2.71. The first kappa shape index (κ1) is 13.7. The summed E-state index contributed by atoms with van der Waals surface area (Å²) in [5, 5.41) is 0. The van der Waals surface area contributed by atoms with Crippen LogP contribution in [0, 0.1) is 0 Å². The summed E-state index contributed by atoms with van der Waals surface area (Å²) in [4.78, 5) is 3.92. The van der Waals surface area contributed by atoms with Gasteiger partial charge in [-0.15, -0.1) is 12.4 Å². The topological polar surface area (TPSA) is 64.4 Å². The van der Waals surface area contributed by atoms with Crippen LogP contribution in [0.1, 0.15) is 5.56 Å². The number of guanidine groups is 1. The number of nitrogens with two attached hydrogens (primary N) is 2. The third-order valence-electron chi connectivity index (χ3n) is 1.44. The first-order chi connectivity index (χ1) is 6.09. The van der Waals surface area contributed by atoms with Crippen LogP contribution in [0.15, 0.2) is 32.1 Å². The Bertz CT molecular complexity index is 337. The van der Waals surface area contributed by atoms with Crippen molar-refractivity contribution in [2.24, 2.45) is 16.5 Å². The van der Waals surface area contributed by atoms with Crippen molar-refractivity contribution in [2.45, 2.75) is 6.54 Å². The largest absolute Gasteiger partial charge is 0.370 e. The molecule has 3 nitrogen and oxygen atoms in total. The van der Waals surface area contributed by atoms with Crippen molar-refractivity contribution in [1.29, 1.82) is 0 Å². The number of hydrogen-bond donors (Lipinski definition) is 2. The van der Waals surface area contributed by atoms with E-state index in [-0.39, 0.29) is 18.4 Å². The first-order valence-electron chi connectivity index (χ1n) is 3.59. The van der Waals surface area contributed by atoms with Gasteiger partial charge in [-0.2, -0.15) is 0 Å². The van der Waals surface area contributed by atoms with Gasteiger partial charge in [0.15, 0.2) is 5.96 Å². The maximum atomic E-state index is 5.23. The van der Waals surface area contributed by atoms with Crippen LogP contribution >= 0.6 is 44.3 Å². The molecule has 0 aromatic heterocycles. The Morgan fingerprint density at radius 3 is 2.50 bits per heavy atom. The zero-order chi connectivity index (χ0) is 9.84. The van der Waals surface area contributed by atoms with Crippen molar-refractivity contribution in [3.63, 3.8) is 0 Å². The summed E-state index contributed by atoms with van der Waals surface area (Å²) in [6.07, 6.45) is 0. The molecule has 1 aromatic rings. The fraction of sp³-hybridized carbons (Fsp3) is 0.125. The second-order valence-electron chi connectivity index (χ2n) is 2.48. The van der Waals surface area contributed by atoms with E-state index in [1.807, 2.05) is 18.2 Å². The van der Waals surface area contributed by atoms with Gasteiger partial charge in [-0.05, 0) is 23.8 Å². The Kier molecular flexibility index (Phi) is 6.15. The average Bonchev–Trinajstić information content (AvgIpc) is 2.06. The minimum Gasteiger partial charge on any atom is -0.370 e. The molecule has 4 N–H and O–H groups in total. The zero-order valence-electron chi connectivity index (χ0n) is 7.21. The summed E-state index contributed by atoms with van der Waals surface area (Å²) in [5.41, 5.74) is 11.5. The highest BCUT2D eigenvalue weighted by Gasteiger charge is 1.99. The molecule has 0 heterocycles. The van der Waals surface area contributed by atoms with Crippen molar-refractivity contribution in [2.75, 3.05) is 0 Å². The Labute approximate surface area is 106 Å². The molecular formula is C8H10Br2ClN3. The molecule has 0 amide bonds. The minimum atomic E-state index is 0. The zero-order valence-corrected chi connectivity index (χ0v) is 11.2. The van der Waals surface area contributed by atoms with E-state index < -0.39 is 0 Å². The molecule has 0 aliphatic carbocycles. The molecule has 0 fully saturated rings. The average molecular weight is 343 g/mol. The molecule has 0 saturated carbocycles. The van der Waals surface area contributed by atoms with E-state index in [9.17, 15) is 0 Å². The highest BCUT2D eigenvalue weighted by molar-refractivity contribution is 9.11. The van der Waals surface area contributed by atoms with Crippen molar-refractivity contribution >= 4 is 50.2 Å². The summed E-state index contributed by atoms with van der Waals surface area (Å²) < 4.78 is 2.01. The van der Waals surface area contributed by atoms with Gasteiger partial charge in [-0.1, -0.05) is 31.9 Å². The lowest BCUT2D eigenvalue weighted by Gasteiger charge is -2.01. The van der Waals surface area contributed by atoms with Crippen molar-refractivity contribution in [3.8, 4) is 0 Å². The molecule has 14 heavy (non-hydrogen) atoms. The van der Waals surface area contributed by atoms with E-state index >= 15 is 0 Å². The SMILES string of the molecule is Cl.NC(N)=NCc1cc(Br)ccc1Br. The lowest BCUT2D eigenvalue weighted by Crippen LogP contribution is -2.22. The highest BCUT2D eigenvalue weighted by Crippen LogP contribution is 2.21. The number of aliphatic imine (C=N–C) groups is 1. The number of halogens is 3. The summed E-state index contributed by atoms with van der Waals surface area (Å²) in [6.45, 7) is 0.488. The standard InChI is InChI=1S/C8H9Br2N3.ClH/c9-6-1-2-7(10)5(3-6)4-13-8(11)12;/h1-3H,4H2,(H4,11,12,13);1H. The quantitative estimate of drug-likeness (QED) is 0.640. The smallest absolute Gasteiger partial charge is 0.186 e. The van der Waals surface area contributed by atoms with E-state index in [0.717, 1.165) is 14.5 Å². The van der Waals surface area contributed by atoms with Crippen molar-refractivity contribution in [3.05, 3.63) is 32.7 Å². The van der Waals surface area contributed by atoms with Crippen LogP contribution in [0.4, 0.5) is 0 Å². The Morgan fingerprint density at radius 2 is 1.93 bits per heavy atom. The van der Waals surface area contributed by atoms with E-state index in [2.05, 4.69) is 36.9 Å². The fourth-order valence-electron chi connectivity index (χ4n) is 0.841. The second-order valence-corrected chi connectivity index (χ2v) is 4.25. The maximum absolute atomic E-state index is 5.23. The summed E-state index contributed by atoms with van der Waals surface area (Å²) >= 11 is 6.78. The van der Waals surface area contributed by atoms with Gasteiger partial charge < -0.3 is 11.5 Å². The van der Waals surface area contributed by atoms with E-state index in [1.165, 1.54) is 0 Å². The molecule has 6 heteroatoms. The molecule has 0 spiro atoms. The molecule has 0 aliphatic rings. The van der Waals surface area contributed by atoms with E-state index in [0.29, 0.717) is 6.54 Å². The van der Waals surface area contributed by atoms with Crippen LogP contribution in [0.3, 0.4) is 0 Å². The molecule has 1 aromatic carbocycles. The number of benzene rings is 1. The molecule has 0 unspecified atom stereocenters. The Hall–Kier alpha value is -0.260. The lowest BCUT2D eigenvalue weighted by atomic mass is 10.2. The van der Waals surface area contributed by atoms with Gasteiger partial charge in [0.05, 0.1) is 6.54 Å². The normalized spacial score (nSPS) is 9.00. The molecule has 78 valence electrons. The molecule has 0 radical (unpaired) electrons. The molecular weight excluding hydrogens is 333 g/mol. The number of nitrogens with zero attached hydrogens (tertiary/aromatic N) is 1. The Balaban J connectivity index is 0.00000169. The van der Waals surface area contributed by atoms with Crippen LogP contribution in [0.2, 0.25) is 0 Å². The predicted molar refractivity (Wildman–Crippen MR) is 68.6 cm³/mol. The van der Waals surface area contributed by atoms with Gasteiger partial charge in [0.25, 0.3) is 0 Å². The van der Waals surface area contributed by atoms with Crippen LogP contribution in [-0.2, 0) is 6.54 Å². The van der Waals surface area contributed by atoms with Gasteiger partial charge in [-0.25, -0.2) is 4.99 Å². The third kappa shape index (κ3) is 4.30. The van der Waals surface area contributed by atoms with Gasteiger partial charge in [-0.3, -0.25) is 0 Å². The molecule has 1 rings (SSSR count). The van der Waals surface area contributed by atoms with Crippen LogP contribution in [0.5, 0.6) is 0 Å². The van der Waals surface area contributed by atoms with Gasteiger partial charge in [0.1, 0.15) is 0 Å². The Morgan fingerprint density at radius 1 is 1.29 bits per heavy atom. The maximum Gasteiger partial charge on any atom is 0.186 e. The highest BCUT2D eigenvalue weighted by atomic mass is 79.9. The molecule has 0 atom stereocenters. The lowest BCUT2D eigenvalue weighted by molar-refractivity contribution is 1.04. The van der Waals surface area contributed by atoms with Gasteiger partial charge in [0, 0.05) is 8.95 Å². The second kappa shape index (κ2) is 6.27. The van der Waals surface area contributed by atoms with Gasteiger partial charge >= 0.3 is 0 Å². The number of hydrogen-bond acceptors (Lipinski definition) is 1. The van der Waals surface area contributed by atoms with E-state index in [4.69, 9.17) is 11.5 Å². The molecule has 0 saturated heterocycles. The summed E-state index contributed by atoms with van der Waals surface area (Å²) in [5.74, 6) is 0.104. The summed E-state index contributed by atoms with van der Waals surface area (Å²) in [6, 6.07) is 5.86. The van der Waals surface area contributed by atoms with Gasteiger partial charge in [0.2, 0.25) is 0 Å². The van der Waals surface area contributed by atoms with Crippen LogP contribution in [-0.4, -0.2) is 5.96 Å². The van der Waals surface area contributed by atoms with Crippen LogP contribution in [0.25, 0.3) is 0 Å². The monoisotopic (exact) mass is 341 g/mol. The summed E-state index contributed by atoms with van der Waals surface area (Å²) in [7, 11) is 0. The number of rotatable bonds is 2. The predicted octanol–water partition coefficient (Wildman–Crippen LogP) is 2.41. The molecule has 0 bridgehead atoms. The first-order valence-corrected chi connectivity index (χ1v) is 5.17. The van der Waals surface area contributed by atoms with Crippen molar-refractivity contribution in [1.82, 2.24) is 0 Å². The van der Waals surface area contributed by atoms with E-state index in [1.54, 1.807) is 0 Å².